The first-order chi connectivity index (χ1) is 15.2. The zero-order valence-electron chi connectivity index (χ0n) is 17.2. The molecule has 1 unspecified atom stereocenters. The molecule has 0 bridgehead atoms. The Hall–Kier alpha value is -3.74. The van der Waals surface area contributed by atoms with Crippen LogP contribution in [0.15, 0.2) is 72.9 Å². The molecular formula is C24H25N5O2. The van der Waals surface area contributed by atoms with Gasteiger partial charge in [0.05, 0.1) is 0 Å². The Kier molecular flexibility index (Phi) is 6.52. The number of benzene rings is 2. The molecule has 4 rings (SSSR count). The fraction of sp³-hybridized carbons (Fsp3) is 0.250. The van der Waals surface area contributed by atoms with E-state index < -0.39 is 11.9 Å². The van der Waals surface area contributed by atoms with Crippen LogP contribution in [0.5, 0.6) is 0 Å². The summed E-state index contributed by atoms with van der Waals surface area (Å²) in [6.07, 6.45) is 4.98. The van der Waals surface area contributed by atoms with Crippen LogP contribution in [-0.4, -0.2) is 34.9 Å². The van der Waals surface area contributed by atoms with Crippen molar-refractivity contribution in [3.8, 4) is 0 Å². The van der Waals surface area contributed by atoms with Gasteiger partial charge >= 0.3 is 0 Å². The number of piperidine rings is 1. The van der Waals surface area contributed by atoms with Gasteiger partial charge in [-0.2, -0.15) is 0 Å². The minimum absolute atomic E-state index is 0.240. The summed E-state index contributed by atoms with van der Waals surface area (Å²) in [5.41, 5.74) is 1.59. The minimum atomic E-state index is -0.859. The average Bonchev–Trinajstić information content (AvgIpc) is 2.84. The largest absolute Gasteiger partial charge is 0.341 e. The molecule has 1 aliphatic rings. The number of hydrogen-bond acceptors (Lipinski definition) is 5. The molecular weight excluding hydrogens is 390 g/mol. The highest BCUT2D eigenvalue weighted by Crippen LogP contribution is 2.18. The highest BCUT2D eigenvalue weighted by Gasteiger charge is 2.24. The normalized spacial score (nSPS) is 14.5. The van der Waals surface area contributed by atoms with Gasteiger partial charge in [-0.3, -0.25) is 9.59 Å². The minimum Gasteiger partial charge on any atom is -0.341 e. The summed E-state index contributed by atoms with van der Waals surface area (Å²) < 4.78 is 0. The lowest BCUT2D eigenvalue weighted by Crippen LogP contribution is -2.38. The predicted molar refractivity (Wildman–Crippen MR) is 120 cm³/mol. The van der Waals surface area contributed by atoms with Gasteiger partial charge in [0.25, 0.3) is 11.8 Å². The van der Waals surface area contributed by atoms with E-state index in [-0.39, 0.29) is 11.6 Å². The van der Waals surface area contributed by atoms with Crippen molar-refractivity contribution in [2.75, 3.05) is 23.3 Å². The fourth-order valence-electron chi connectivity index (χ4n) is 3.61. The van der Waals surface area contributed by atoms with Gasteiger partial charge < -0.3 is 15.5 Å². The van der Waals surface area contributed by atoms with Gasteiger partial charge in [-0.25, -0.2) is 9.97 Å². The number of hydrogen-bond donors (Lipinski definition) is 2. The molecule has 1 atom stereocenters. The quantitative estimate of drug-likeness (QED) is 0.643. The highest BCUT2D eigenvalue weighted by atomic mass is 16.2. The summed E-state index contributed by atoms with van der Waals surface area (Å²) >= 11 is 0. The number of nitrogens with one attached hydrogen (secondary N) is 2. The summed E-state index contributed by atoms with van der Waals surface area (Å²) in [6.45, 7) is 1.77. The molecule has 7 nitrogen and oxygen atoms in total. The molecule has 2 N–H and O–H groups in total. The van der Waals surface area contributed by atoms with E-state index >= 15 is 0 Å². The van der Waals surface area contributed by atoms with Crippen molar-refractivity contribution in [3.63, 3.8) is 0 Å². The van der Waals surface area contributed by atoms with E-state index in [9.17, 15) is 9.59 Å². The van der Waals surface area contributed by atoms with Gasteiger partial charge in [-0.05, 0) is 43.0 Å². The molecule has 2 heterocycles. The number of aromatic nitrogens is 2. The Morgan fingerprint density at radius 3 is 2.26 bits per heavy atom. The first-order valence-electron chi connectivity index (χ1n) is 10.5. The van der Waals surface area contributed by atoms with Gasteiger partial charge in [-0.1, -0.05) is 48.5 Å². The Morgan fingerprint density at radius 1 is 0.871 bits per heavy atom. The first-order valence-corrected chi connectivity index (χ1v) is 10.5. The molecule has 7 heteroatoms. The molecule has 1 aliphatic heterocycles. The highest BCUT2D eigenvalue weighted by molar-refractivity contribution is 6.01. The number of amides is 2. The Morgan fingerprint density at radius 2 is 1.55 bits per heavy atom. The van der Waals surface area contributed by atoms with Gasteiger partial charge in [-0.15, -0.1) is 0 Å². The molecule has 1 saturated heterocycles. The molecule has 31 heavy (non-hydrogen) atoms. The van der Waals surface area contributed by atoms with Crippen LogP contribution in [0.4, 0.5) is 11.6 Å². The second-order valence-corrected chi connectivity index (χ2v) is 7.46. The number of nitrogens with zero attached hydrogens (tertiary/aromatic N) is 3. The molecule has 1 aromatic heterocycles. The molecule has 158 valence electrons. The summed E-state index contributed by atoms with van der Waals surface area (Å²) in [6, 6.07) is 19.0. The van der Waals surface area contributed by atoms with Crippen molar-refractivity contribution < 1.29 is 9.59 Å². The maximum atomic E-state index is 13.0. The van der Waals surface area contributed by atoms with Crippen molar-refractivity contribution in [3.05, 3.63) is 84.2 Å². The Labute approximate surface area is 181 Å². The van der Waals surface area contributed by atoms with Crippen molar-refractivity contribution in [1.29, 1.82) is 0 Å². The topological polar surface area (TPSA) is 87.2 Å². The second-order valence-electron chi connectivity index (χ2n) is 7.46. The molecule has 2 amide bonds. The lowest BCUT2D eigenvalue weighted by atomic mass is 10.1. The van der Waals surface area contributed by atoms with Crippen LogP contribution in [0, 0.1) is 0 Å². The average molecular weight is 415 g/mol. The van der Waals surface area contributed by atoms with E-state index in [1.54, 1.807) is 24.4 Å². The monoisotopic (exact) mass is 415 g/mol. The summed E-state index contributed by atoms with van der Waals surface area (Å²) in [4.78, 5) is 36.9. The summed E-state index contributed by atoms with van der Waals surface area (Å²) in [7, 11) is 0. The van der Waals surface area contributed by atoms with Crippen LogP contribution < -0.4 is 15.5 Å². The summed E-state index contributed by atoms with van der Waals surface area (Å²) in [5, 5.41) is 5.71. The Bertz CT molecular complexity index is 1020. The number of carbonyl (C=O) groups excluding carboxylic acids is 2. The van der Waals surface area contributed by atoms with E-state index in [1.807, 2.05) is 48.5 Å². The first kappa shape index (κ1) is 20.5. The fourth-order valence-corrected chi connectivity index (χ4v) is 3.61. The number of carbonyl (C=O) groups is 2. The van der Waals surface area contributed by atoms with Crippen molar-refractivity contribution >= 4 is 23.5 Å². The van der Waals surface area contributed by atoms with Gasteiger partial charge in [0.2, 0.25) is 5.95 Å². The SMILES string of the molecule is O=C(NC(C(=O)Nc1ccccc1)c1ccccc1)c1ccnc(N2CCCCC2)n1. The third kappa shape index (κ3) is 5.25. The second kappa shape index (κ2) is 9.84. The van der Waals surface area contributed by atoms with E-state index in [4.69, 9.17) is 0 Å². The summed E-state index contributed by atoms with van der Waals surface area (Å²) in [5.74, 6) is -0.189. The van der Waals surface area contributed by atoms with E-state index in [2.05, 4.69) is 25.5 Å². The predicted octanol–water partition coefficient (Wildman–Crippen LogP) is 3.58. The number of para-hydroxylation sites is 1. The molecule has 3 aromatic rings. The maximum Gasteiger partial charge on any atom is 0.270 e. The van der Waals surface area contributed by atoms with Crippen LogP contribution in [0.25, 0.3) is 0 Å². The zero-order valence-corrected chi connectivity index (χ0v) is 17.2. The van der Waals surface area contributed by atoms with Crippen LogP contribution >= 0.6 is 0 Å². The van der Waals surface area contributed by atoms with Crippen LogP contribution in [0.2, 0.25) is 0 Å². The molecule has 0 saturated carbocycles. The van der Waals surface area contributed by atoms with Crippen molar-refractivity contribution in [1.82, 2.24) is 15.3 Å². The molecule has 2 aromatic carbocycles. The zero-order chi connectivity index (χ0) is 21.5. The standard InChI is InChI=1S/C24H25N5O2/c30-22(20-14-15-25-24(27-20)29-16-8-3-9-17-29)28-21(18-10-4-1-5-11-18)23(31)26-19-12-6-2-7-13-19/h1-2,4-7,10-15,21H,3,8-9,16-17H2,(H,26,31)(H,28,30). The van der Waals surface area contributed by atoms with Gasteiger partial charge in [0, 0.05) is 25.0 Å². The Balaban J connectivity index is 1.54. The van der Waals surface area contributed by atoms with Crippen LogP contribution in [0.3, 0.4) is 0 Å². The molecule has 0 aliphatic carbocycles. The molecule has 0 spiro atoms. The van der Waals surface area contributed by atoms with Gasteiger partial charge in [0.1, 0.15) is 11.7 Å². The lowest BCUT2D eigenvalue weighted by molar-refractivity contribution is -0.118. The van der Waals surface area contributed by atoms with E-state index in [0.29, 0.717) is 17.2 Å². The lowest BCUT2D eigenvalue weighted by Gasteiger charge is -2.26. The maximum absolute atomic E-state index is 13.0. The smallest absolute Gasteiger partial charge is 0.270 e. The molecule has 1 fully saturated rings. The van der Waals surface area contributed by atoms with Crippen LogP contribution in [0.1, 0.15) is 41.4 Å². The van der Waals surface area contributed by atoms with Crippen molar-refractivity contribution in [2.24, 2.45) is 0 Å². The third-order valence-corrected chi connectivity index (χ3v) is 5.23. The number of anilines is 2. The van der Waals surface area contributed by atoms with Crippen molar-refractivity contribution in [2.45, 2.75) is 25.3 Å². The third-order valence-electron chi connectivity index (χ3n) is 5.23. The van der Waals surface area contributed by atoms with E-state index in [0.717, 1.165) is 25.9 Å². The number of rotatable bonds is 6. The van der Waals surface area contributed by atoms with Gasteiger partial charge in [0.15, 0.2) is 0 Å². The molecule has 0 radical (unpaired) electrons. The van der Waals surface area contributed by atoms with E-state index in [1.165, 1.54) is 6.42 Å². The van der Waals surface area contributed by atoms with Crippen LogP contribution in [-0.2, 0) is 4.79 Å².